The monoisotopic (exact) mass is 434 g/mol. The van der Waals surface area contributed by atoms with E-state index in [9.17, 15) is 18.0 Å². The van der Waals surface area contributed by atoms with Gasteiger partial charge >= 0.3 is 5.97 Å². The predicted molar refractivity (Wildman–Crippen MR) is 115 cm³/mol. The molecule has 0 saturated carbocycles. The van der Waals surface area contributed by atoms with Crippen LogP contribution in [0.5, 0.6) is 0 Å². The first-order valence-corrected chi connectivity index (χ1v) is 12.3. The quantitative estimate of drug-likeness (QED) is 0.116. The minimum absolute atomic E-state index is 0.0609. The van der Waals surface area contributed by atoms with Crippen molar-refractivity contribution in [3.8, 4) is 0 Å². The molecule has 0 radical (unpaired) electrons. The summed E-state index contributed by atoms with van der Waals surface area (Å²) in [7, 11) is -0.168. The van der Waals surface area contributed by atoms with Crippen LogP contribution in [0.2, 0.25) is 0 Å². The molecule has 29 heavy (non-hydrogen) atoms. The van der Waals surface area contributed by atoms with E-state index in [0.717, 1.165) is 19.3 Å². The van der Waals surface area contributed by atoms with Crippen LogP contribution in [0.1, 0.15) is 71.1 Å². The molecule has 0 aromatic rings. The predicted octanol–water partition coefficient (Wildman–Crippen LogP) is 3.54. The van der Waals surface area contributed by atoms with Crippen molar-refractivity contribution in [3.63, 3.8) is 0 Å². The van der Waals surface area contributed by atoms with Crippen LogP contribution >= 0.6 is 0 Å². The van der Waals surface area contributed by atoms with E-state index < -0.39 is 16.1 Å². The standard InChI is InChI=1S/C21H39NO6S/c1-4-5-6-7-8-9-10-11-13-20(23)14-15-21(24)28-18-17-22(2,3)16-12-19-29(25,26)27/h14-15H,4-13,16-19H2,1-3H3/p+1. The van der Waals surface area contributed by atoms with Crippen molar-refractivity contribution < 1.29 is 31.8 Å². The summed E-state index contributed by atoms with van der Waals surface area (Å²) in [5, 5.41) is 0. The first-order chi connectivity index (χ1) is 13.6. The molecule has 0 aliphatic carbocycles. The number of rotatable bonds is 18. The number of carbonyl (C=O) groups excluding carboxylic acids is 2. The molecule has 0 fully saturated rings. The lowest BCUT2D eigenvalue weighted by Crippen LogP contribution is -2.43. The van der Waals surface area contributed by atoms with Gasteiger partial charge in [-0.2, -0.15) is 8.42 Å². The number of allylic oxidation sites excluding steroid dienone is 1. The summed E-state index contributed by atoms with van der Waals surface area (Å²) in [5.74, 6) is -0.889. The highest BCUT2D eigenvalue weighted by Gasteiger charge is 2.17. The van der Waals surface area contributed by atoms with Crippen molar-refractivity contribution in [2.24, 2.45) is 0 Å². The largest absolute Gasteiger partial charge is 0.457 e. The van der Waals surface area contributed by atoms with E-state index in [1.807, 2.05) is 14.1 Å². The molecule has 170 valence electrons. The van der Waals surface area contributed by atoms with Crippen LogP contribution in [0.15, 0.2) is 12.2 Å². The van der Waals surface area contributed by atoms with Crippen LogP contribution < -0.4 is 0 Å². The van der Waals surface area contributed by atoms with Crippen molar-refractivity contribution in [3.05, 3.63) is 12.2 Å². The van der Waals surface area contributed by atoms with Crippen molar-refractivity contribution in [1.82, 2.24) is 0 Å². The number of hydrogen-bond acceptors (Lipinski definition) is 5. The van der Waals surface area contributed by atoms with Gasteiger partial charge in [-0.3, -0.25) is 9.35 Å². The molecule has 1 N–H and O–H groups in total. The molecule has 0 aliphatic rings. The highest BCUT2D eigenvalue weighted by Crippen LogP contribution is 2.10. The Labute approximate surface area is 176 Å². The summed E-state index contributed by atoms with van der Waals surface area (Å²) in [6, 6.07) is 0. The van der Waals surface area contributed by atoms with E-state index in [1.54, 1.807) is 0 Å². The van der Waals surface area contributed by atoms with Gasteiger partial charge in [-0.25, -0.2) is 4.79 Å². The molecule has 0 atom stereocenters. The maximum absolute atomic E-state index is 11.8. The molecule has 0 saturated heterocycles. The lowest BCUT2D eigenvalue weighted by molar-refractivity contribution is -0.890. The van der Waals surface area contributed by atoms with Gasteiger partial charge in [0.25, 0.3) is 10.1 Å². The Kier molecular flexibility index (Phi) is 14.9. The number of quaternary nitrogens is 1. The Morgan fingerprint density at radius 2 is 1.48 bits per heavy atom. The SMILES string of the molecule is CCCCCCCCCCC(=O)C=CC(=O)OCC[N+](C)(C)CCCS(=O)(=O)O. The lowest BCUT2D eigenvalue weighted by Gasteiger charge is -2.29. The number of nitrogens with zero attached hydrogens (tertiary/aromatic N) is 1. The maximum atomic E-state index is 11.8. The average molecular weight is 435 g/mol. The zero-order chi connectivity index (χ0) is 22.2. The van der Waals surface area contributed by atoms with Gasteiger partial charge in [0, 0.05) is 18.9 Å². The van der Waals surface area contributed by atoms with E-state index in [0.29, 0.717) is 30.4 Å². The molecular weight excluding hydrogens is 394 g/mol. The number of carbonyl (C=O) groups is 2. The molecular formula is C21H40NO6S+. The van der Waals surface area contributed by atoms with Gasteiger partial charge in [0.05, 0.1) is 26.4 Å². The fourth-order valence-electron chi connectivity index (χ4n) is 2.91. The second-order valence-corrected chi connectivity index (χ2v) is 9.79. The normalized spacial score (nSPS) is 12.4. The number of esters is 1. The van der Waals surface area contributed by atoms with Crippen molar-refractivity contribution in [2.45, 2.75) is 71.1 Å². The van der Waals surface area contributed by atoms with E-state index in [2.05, 4.69) is 6.92 Å². The number of ketones is 1. The van der Waals surface area contributed by atoms with Gasteiger partial charge in [0.2, 0.25) is 0 Å². The summed E-state index contributed by atoms with van der Waals surface area (Å²) in [5.41, 5.74) is 0. The molecule has 0 amide bonds. The first kappa shape index (κ1) is 27.8. The number of ether oxygens (including phenoxy) is 1. The molecule has 0 heterocycles. The molecule has 0 aromatic heterocycles. The third-order valence-corrected chi connectivity index (χ3v) is 5.59. The Morgan fingerprint density at radius 1 is 0.897 bits per heavy atom. The molecule has 0 rings (SSSR count). The van der Waals surface area contributed by atoms with Gasteiger partial charge in [0.15, 0.2) is 5.78 Å². The Hall–Kier alpha value is -1.25. The lowest BCUT2D eigenvalue weighted by atomic mass is 10.1. The van der Waals surface area contributed by atoms with Crippen molar-refractivity contribution in [2.75, 3.05) is 39.5 Å². The fourth-order valence-corrected chi connectivity index (χ4v) is 3.40. The molecule has 7 nitrogen and oxygen atoms in total. The van der Waals surface area contributed by atoms with E-state index in [4.69, 9.17) is 9.29 Å². The van der Waals surface area contributed by atoms with Crippen LogP contribution in [0.25, 0.3) is 0 Å². The summed E-state index contributed by atoms with van der Waals surface area (Å²) in [6.45, 7) is 3.42. The topological polar surface area (TPSA) is 97.7 Å². The van der Waals surface area contributed by atoms with Crippen LogP contribution in [-0.2, 0) is 24.4 Å². The second-order valence-electron chi connectivity index (χ2n) is 8.21. The number of likely N-dealkylation sites (N-methyl/N-ethyl adjacent to an activating group) is 1. The Bertz CT molecular complexity index is 598. The van der Waals surface area contributed by atoms with E-state index in [1.165, 1.54) is 44.3 Å². The zero-order valence-corrected chi connectivity index (χ0v) is 19.2. The summed E-state index contributed by atoms with van der Waals surface area (Å²) < 4.78 is 35.8. The fraction of sp³-hybridized carbons (Fsp3) is 0.810. The minimum atomic E-state index is -3.95. The van der Waals surface area contributed by atoms with Crippen LogP contribution in [0.3, 0.4) is 0 Å². The first-order valence-electron chi connectivity index (χ1n) is 10.7. The molecule has 0 spiro atoms. The average Bonchev–Trinajstić information content (AvgIpc) is 2.60. The molecule has 0 aromatic carbocycles. The Balaban J connectivity index is 3.84. The highest BCUT2D eigenvalue weighted by molar-refractivity contribution is 7.85. The molecule has 0 aliphatic heterocycles. The van der Waals surface area contributed by atoms with Crippen LogP contribution in [-0.4, -0.2) is 68.8 Å². The van der Waals surface area contributed by atoms with Gasteiger partial charge in [-0.1, -0.05) is 51.9 Å². The third-order valence-electron chi connectivity index (χ3n) is 4.79. The molecule has 0 unspecified atom stereocenters. The van der Waals surface area contributed by atoms with Crippen molar-refractivity contribution >= 4 is 21.9 Å². The van der Waals surface area contributed by atoms with Crippen molar-refractivity contribution in [1.29, 1.82) is 0 Å². The summed E-state index contributed by atoms with van der Waals surface area (Å²) in [6.07, 6.45) is 12.6. The van der Waals surface area contributed by atoms with Gasteiger partial charge in [-0.05, 0) is 12.5 Å². The van der Waals surface area contributed by atoms with E-state index in [-0.39, 0.29) is 18.1 Å². The summed E-state index contributed by atoms with van der Waals surface area (Å²) in [4.78, 5) is 23.5. The second kappa shape index (κ2) is 15.6. The van der Waals surface area contributed by atoms with Gasteiger partial charge < -0.3 is 9.22 Å². The zero-order valence-electron chi connectivity index (χ0n) is 18.4. The van der Waals surface area contributed by atoms with Gasteiger partial charge in [0.1, 0.15) is 13.2 Å². The minimum Gasteiger partial charge on any atom is -0.457 e. The Morgan fingerprint density at radius 3 is 2.07 bits per heavy atom. The summed E-state index contributed by atoms with van der Waals surface area (Å²) >= 11 is 0. The molecule has 8 heteroatoms. The number of unbranched alkanes of at least 4 members (excludes halogenated alkanes) is 7. The number of hydrogen-bond donors (Lipinski definition) is 1. The van der Waals surface area contributed by atoms with Crippen LogP contribution in [0, 0.1) is 0 Å². The van der Waals surface area contributed by atoms with Gasteiger partial charge in [-0.15, -0.1) is 0 Å². The maximum Gasteiger partial charge on any atom is 0.331 e. The third kappa shape index (κ3) is 19.8. The smallest absolute Gasteiger partial charge is 0.331 e. The van der Waals surface area contributed by atoms with Crippen LogP contribution in [0.4, 0.5) is 0 Å². The highest BCUT2D eigenvalue weighted by atomic mass is 32.2. The molecule has 0 bridgehead atoms. The van der Waals surface area contributed by atoms with E-state index >= 15 is 0 Å².